The molecule has 0 radical (unpaired) electrons. The third kappa shape index (κ3) is 7.91. The van der Waals surface area contributed by atoms with Gasteiger partial charge in [0.15, 0.2) is 18.9 Å². The van der Waals surface area contributed by atoms with Crippen molar-refractivity contribution >= 4 is 0 Å². The highest BCUT2D eigenvalue weighted by Gasteiger charge is 2.43. The molecular weight excluding hydrogens is 476 g/mol. The first-order valence-electron chi connectivity index (χ1n) is 10.1. The summed E-state index contributed by atoms with van der Waals surface area (Å²) in [7, 11) is 0. The molecule has 3 rings (SSSR count). The largest absolute Gasteiger partial charge is 0.394 e. The van der Waals surface area contributed by atoms with Crippen LogP contribution in [-0.4, -0.2) is 177 Å². The smallest absolute Gasteiger partial charge is 0.184 e. The Kier molecular flexibility index (Phi) is 13.1. The number of rotatable bonds is 2. The highest BCUT2D eigenvalue weighted by molar-refractivity contribution is 4.88. The third-order valence-corrected chi connectivity index (χ3v) is 5.21. The van der Waals surface area contributed by atoms with Gasteiger partial charge in [0.25, 0.3) is 0 Å². The van der Waals surface area contributed by atoms with Crippen LogP contribution < -0.4 is 0 Å². The van der Waals surface area contributed by atoms with E-state index in [4.69, 9.17) is 71.5 Å². The van der Waals surface area contributed by atoms with Gasteiger partial charge in [0.2, 0.25) is 0 Å². The van der Waals surface area contributed by atoms with Crippen molar-refractivity contribution in [2.24, 2.45) is 0 Å². The van der Waals surface area contributed by atoms with E-state index in [1.165, 1.54) is 0 Å². The maximum atomic E-state index is 9.12. The van der Waals surface area contributed by atoms with Crippen LogP contribution in [0.1, 0.15) is 0 Å². The molecule has 0 bridgehead atoms. The van der Waals surface area contributed by atoms with Crippen LogP contribution in [0.3, 0.4) is 0 Å². The fraction of sp³-hybridized carbons (Fsp3) is 1.00. The Labute approximate surface area is 192 Å². The van der Waals surface area contributed by atoms with Gasteiger partial charge in [-0.1, -0.05) is 0 Å². The van der Waals surface area contributed by atoms with Crippen LogP contribution >= 0.6 is 0 Å². The average molecular weight is 510 g/mol. The minimum absolute atomic E-state index is 0.153. The molecule has 0 saturated carbocycles. The third-order valence-electron chi connectivity index (χ3n) is 5.21. The molecule has 3 saturated heterocycles. The Morgan fingerprint density at radius 3 is 1.12 bits per heavy atom. The SMILES string of the molecule is OC1[C@H](O)OC[C@@H](O)[C@@H]1O.OCC1O[C@@H](O)C(O)[C@@H](O)[C@@H]1O.OCC1O[C@@H](O)C(O)[C@@H](O)[C@H]1O. The van der Waals surface area contributed by atoms with Crippen molar-refractivity contribution < 1.29 is 85.7 Å². The number of ether oxygens (including phenoxy) is 3. The van der Waals surface area contributed by atoms with Gasteiger partial charge in [-0.25, -0.2) is 0 Å². The molecule has 34 heavy (non-hydrogen) atoms. The maximum Gasteiger partial charge on any atom is 0.184 e. The minimum Gasteiger partial charge on any atom is -0.394 e. The van der Waals surface area contributed by atoms with Crippen LogP contribution in [0.25, 0.3) is 0 Å². The van der Waals surface area contributed by atoms with Gasteiger partial charge in [0, 0.05) is 0 Å². The van der Waals surface area contributed by atoms with E-state index in [-0.39, 0.29) is 6.61 Å². The Hall–Kier alpha value is -0.680. The predicted octanol–water partition coefficient (Wildman–Crippen LogP) is -9.03. The van der Waals surface area contributed by atoms with E-state index in [2.05, 4.69) is 14.2 Å². The normalized spacial score (nSPS) is 49.2. The molecule has 5 unspecified atom stereocenters. The van der Waals surface area contributed by atoms with Crippen molar-refractivity contribution in [3.05, 3.63) is 0 Å². The molecule has 0 aromatic rings. The molecule has 17 heteroatoms. The highest BCUT2D eigenvalue weighted by Crippen LogP contribution is 2.20. The second kappa shape index (κ2) is 14.2. The van der Waals surface area contributed by atoms with E-state index < -0.39 is 99.2 Å². The monoisotopic (exact) mass is 510 g/mol. The molecule has 14 N–H and O–H groups in total. The topological polar surface area (TPSA) is 311 Å². The van der Waals surface area contributed by atoms with Crippen molar-refractivity contribution in [1.82, 2.24) is 0 Å². The molecule has 14 atom stereocenters. The zero-order valence-corrected chi connectivity index (χ0v) is 17.7. The Morgan fingerprint density at radius 1 is 0.441 bits per heavy atom. The summed E-state index contributed by atoms with van der Waals surface area (Å²) >= 11 is 0. The van der Waals surface area contributed by atoms with E-state index in [9.17, 15) is 0 Å². The van der Waals surface area contributed by atoms with Crippen LogP contribution in [0, 0.1) is 0 Å². The second-order valence-corrected chi connectivity index (χ2v) is 7.71. The molecule has 204 valence electrons. The lowest BCUT2D eigenvalue weighted by Crippen LogP contribution is -2.58. The van der Waals surface area contributed by atoms with Crippen molar-refractivity contribution in [2.75, 3.05) is 19.8 Å². The van der Waals surface area contributed by atoms with Gasteiger partial charge in [-0.2, -0.15) is 0 Å². The lowest BCUT2D eigenvalue weighted by molar-refractivity contribution is -0.286. The fourth-order valence-electron chi connectivity index (χ4n) is 2.95. The summed E-state index contributed by atoms with van der Waals surface area (Å²) in [5.74, 6) is 0. The Balaban J connectivity index is 0.000000256. The van der Waals surface area contributed by atoms with Crippen molar-refractivity contribution in [2.45, 2.75) is 86.0 Å². The van der Waals surface area contributed by atoms with E-state index in [1.54, 1.807) is 0 Å². The quantitative estimate of drug-likeness (QED) is 0.164. The summed E-state index contributed by atoms with van der Waals surface area (Å²) in [5.41, 5.74) is 0. The first-order valence-corrected chi connectivity index (χ1v) is 10.1. The molecular formula is C17H34O17. The van der Waals surface area contributed by atoms with E-state index >= 15 is 0 Å². The van der Waals surface area contributed by atoms with Crippen LogP contribution in [0.4, 0.5) is 0 Å². The minimum atomic E-state index is -1.57. The van der Waals surface area contributed by atoms with E-state index in [1.807, 2.05) is 0 Å². The summed E-state index contributed by atoms with van der Waals surface area (Å²) < 4.78 is 13.6. The zero-order valence-electron chi connectivity index (χ0n) is 17.7. The summed E-state index contributed by atoms with van der Waals surface area (Å²) in [6.45, 7) is -1.20. The van der Waals surface area contributed by atoms with Gasteiger partial charge in [0.1, 0.15) is 67.1 Å². The zero-order chi connectivity index (χ0) is 26.3. The number of hydrogen-bond donors (Lipinski definition) is 14. The maximum absolute atomic E-state index is 9.12. The van der Waals surface area contributed by atoms with Gasteiger partial charge in [-0.05, 0) is 0 Å². The van der Waals surface area contributed by atoms with Crippen LogP contribution in [0.5, 0.6) is 0 Å². The van der Waals surface area contributed by atoms with Gasteiger partial charge in [-0.3, -0.25) is 0 Å². The molecule has 17 nitrogen and oxygen atoms in total. The number of hydrogen-bond acceptors (Lipinski definition) is 17. The number of aliphatic hydroxyl groups excluding tert-OH is 14. The Morgan fingerprint density at radius 2 is 0.794 bits per heavy atom. The van der Waals surface area contributed by atoms with E-state index in [0.29, 0.717) is 0 Å². The second-order valence-electron chi connectivity index (χ2n) is 7.71. The van der Waals surface area contributed by atoms with Crippen LogP contribution in [0.15, 0.2) is 0 Å². The molecule has 0 spiro atoms. The summed E-state index contributed by atoms with van der Waals surface area (Å²) in [6.07, 6.45) is -19.3. The Bertz CT molecular complexity index is 513. The predicted molar refractivity (Wildman–Crippen MR) is 102 cm³/mol. The van der Waals surface area contributed by atoms with E-state index in [0.717, 1.165) is 0 Å². The van der Waals surface area contributed by atoms with Crippen molar-refractivity contribution in [3.63, 3.8) is 0 Å². The molecule has 0 aromatic carbocycles. The molecule has 0 aromatic heterocycles. The summed E-state index contributed by atoms with van der Waals surface area (Å²) in [6, 6.07) is 0. The van der Waals surface area contributed by atoms with Gasteiger partial charge < -0.3 is 85.7 Å². The van der Waals surface area contributed by atoms with Crippen molar-refractivity contribution in [3.8, 4) is 0 Å². The first kappa shape index (κ1) is 31.4. The van der Waals surface area contributed by atoms with Gasteiger partial charge in [-0.15, -0.1) is 0 Å². The molecule has 0 aliphatic carbocycles. The van der Waals surface area contributed by atoms with Gasteiger partial charge in [0.05, 0.1) is 19.8 Å². The van der Waals surface area contributed by atoms with Crippen LogP contribution in [-0.2, 0) is 14.2 Å². The van der Waals surface area contributed by atoms with Crippen molar-refractivity contribution in [1.29, 1.82) is 0 Å². The molecule has 3 aliphatic rings. The average Bonchev–Trinajstić information content (AvgIpc) is 2.82. The standard InChI is InChI=1S/2C6H12O6.C5H10O5/c2*7-1-2-3(8)4(9)5(10)6(11)12-2;6-2-1-10-5(9)4(8)3(2)7/h2*2-11H,1H2;2-9H,1H2/t2?,3-,4+,5?,6-;2?,3-,4-,5?,6+;2-,3+,4?,5-/m101/s1. The first-order chi connectivity index (χ1) is 15.8. The highest BCUT2D eigenvalue weighted by atomic mass is 16.7. The molecule has 3 heterocycles. The van der Waals surface area contributed by atoms with Gasteiger partial charge >= 0.3 is 0 Å². The number of aliphatic hydroxyl groups is 14. The lowest BCUT2D eigenvalue weighted by atomic mass is 10.00. The summed E-state index contributed by atoms with van der Waals surface area (Å²) in [4.78, 5) is 0. The summed E-state index contributed by atoms with van der Waals surface area (Å²) in [5, 5.41) is 125. The fourth-order valence-corrected chi connectivity index (χ4v) is 2.95. The van der Waals surface area contributed by atoms with Crippen LogP contribution in [0.2, 0.25) is 0 Å². The lowest BCUT2D eigenvalue weighted by Gasteiger charge is -2.37. The molecule has 3 aliphatic heterocycles. The molecule has 0 amide bonds. The molecule has 3 fully saturated rings.